The van der Waals surface area contributed by atoms with Crippen LogP contribution in [0, 0.1) is 5.92 Å². The third-order valence-electron chi connectivity index (χ3n) is 5.49. The smallest absolute Gasteiger partial charge is 0.253 e. The fourth-order valence-corrected chi connectivity index (χ4v) is 5.43. The van der Waals surface area contributed by atoms with Gasteiger partial charge in [-0.1, -0.05) is 6.07 Å². The highest BCUT2D eigenvalue weighted by molar-refractivity contribution is 7.99. The van der Waals surface area contributed by atoms with Gasteiger partial charge >= 0.3 is 0 Å². The van der Waals surface area contributed by atoms with E-state index in [9.17, 15) is 14.4 Å². The Bertz CT molecular complexity index is 922. The molecule has 3 heterocycles. The number of piperidine rings is 1. The zero-order chi connectivity index (χ0) is 20.9. The number of hydrogen-bond acceptors (Lipinski definition) is 5. The first-order valence-electron chi connectivity index (χ1n) is 10.3. The number of nitrogens with one attached hydrogen (secondary N) is 2. The molecule has 0 saturated carbocycles. The van der Waals surface area contributed by atoms with Gasteiger partial charge in [-0.3, -0.25) is 14.4 Å². The van der Waals surface area contributed by atoms with Crippen LogP contribution < -0.4 is 10.6 Å². The van der Waals surface area contributed by atoms with Crippen molar-refractivity contribution in [1.82, 2.24) is 10.2 Å². The standard InChI is InChI=1S/C22H25N3O3S2/c26-20-8-13-30-19-4-3-16(14-18(19)24-20)22(28)25-10-6-15(7-11-25)21(27)23-9-5-17-2-1-12-29-17/h1-4,12,14-15H,5-11,13H2,(H,23,27)(H,24,26). The van der Waals surface area contributed by atoms with Crippen molar-refractivity contribution in [2.24, 2.45) is 5.92 Å². The first-order chi connectivity index (χ1) is 14.6. The molecule has 2 N–H and O–H groups in total. The van der Waals surface area contributed by atoms with Crippen LogP contribution in [0.2, 0.25) is 0 Å². The van der Waals surface area contributed by atoms with Gasteiger partial charge in [0.2, 0.25) is 11.8 Å². The van der Waals surface area contributed by atoms with Crippen molar-refractivity contribution < 1.29 is 14.4 Å². The molecule has 2 aromatic rings. The number of hydrogen-bond donors (Lipinski definition) is 2. The maximum absolute atomic E-state index is 12.9. The lowest BCUT2D eigenvalue weighted by Crippen LogP contribution is -2.43. The molecule has 0 aliphatic carbocycles. The second kappa shape index (κ2) is 9.66. The topological polar surface area (TPSA) is 78.5 Å². The van der Waals surface area contributed by atoms with Crippen molar-refractivity contribution in [3.63, 3.8) is 0 Å². The summed E-state index contributed by atoms with van der Waals surface area (Å²) in [6.07, 6.45) is 2.68. The molecular weight excluding hydrogens is 418 g/mol. The van der Waals surface area contributed by atoms with Crippen molar-refractivity contribution in [2.75, 3.05) is 30.7 Å². The Hall–Kier alpha value is -2.32. The minimum Gasteiger partial charge on any atom is -0.355 e. The van der Waals surface area contributed by atoms with Crippen LogP contribution in [0.5, 0.6) is 0 Å². The molecule has 30 heavy (non-hydrogen) atoms. The highest BCUT2D eigenvalue weighted by Gasteiger charge is 2.28. The molecule has 2 aliphatic heterocycles. The molecule has 0 atom stereocenters. The Morgan fingerprint density at radius 3 is 2.80 bits per heavy atom. The van der Waals surface area contributed by atoms with E-state index in [4.69, 9.17) is 0 Å². The summed E-state index contributed by atoms with van der Waals surface area (Å²) in [6, 6.07) is 9.61. The van der Waals surface area contributed by atoms with Crippen molar-refractivity contribution in [1.29, 1.82) is 0 Å². The van der Waals surface area contributed by atoms with E-state index in [1.807, 2.05) is 28.5 Å². The molecular formula is C22H25N3O3S2. The van der Waals surface area contributed by atoms with Crippen LogP contribution in [-0.2, 0) is 16.0 Å². The van der Waals surface area contributed by atoms with Crippen LogP contribution in [0.1, 0.15) is 34.5 Å². The lowest BCUT2D eigenvalue weighted by molar-refractivity contribution is -0.126. The van der Waals surface area contributed by atoms with Crippen molar-refractivity contribution in [3.8, 4) is 0 Å². The largest absolute Gasteiger partial charge is 0.355 e. The van der Waals surface area contributed by atoms with E-state index in [1.54, 1.807) is 29.2 Å². The van der Waals surface area contributed by atoms with Gasteiger partial charge in [-0.2, -0.15) is 0 Å². The number of amides is 3. The Labute approximate surface area is 184 Å². The predicted octanol–water partition coefficient (Wildman–Crippen LogP) is 3.39. The zero-order valence-corrected chi connectivity index (χ0v) is 18.3. The molecule has 0 unspecified atom stereocenters. The number of carbonyl (C=O) groups excluding carboxylic acids is 3. The number of carbonyl (C=O) groups is 3. The summed E-state index contributed by atoms with van der Waals surface area (Å²) >= 11 is 3.33. The first-order valence-corrected chi connectivity index (χ1v) is 12.1. The van der Waals surface area contributed by atoms with E-state index in [0.29, 0.717) is 50.1 Å². The normalized spacial score (nSPS) is 17.1. The van der Waals surface area contributed by atoms with Crippen molar-refractivity contribution in [2.45, 2.75) is 30.6 Å². The molecule has 6 nitrogen and oxygen atoms in total. The Morgan fingerprint density at radius 1 is 1.20 bits per heavy atom. The molecule has 0 radical (unpaired) electrons. The van der Waals surface area contributed by atoms with Gasteiger partial charge < -0.3 is 15.5 Å². The summed E-state index contributed by atoms with van der Waals surface area (Å²) in [5.41, 5.74) is 1.30. The van der Waals surface area contributed by atoms with Crippen molar-refractivity contribution >= 4 is 46.5 Å². The van der Waals surface area contributed by atoms with Crippen LogP contribution in [0.15, 0.2) is 40.6 Å². The second-order valence-corrected chi connectivity index (χ2v) is 9.71. The van der Waals surface area contributed by atoms with Crippen LogP contribution >= 0.6 is 23.1 Å². The second-order valence-electron chi connectivity index (χ2n) is 7.54. The third-order valence-corrected chi connectivity index (χ3v) is 7.50. The maximum atomic E-state index is 12.9. The average Bonchev–Trinajstić information content (AvgIpc) is 3.20. The molecule has 2 aliphatic rings. The summed E-state index contributed by atoms with van der Waals surface area (Å²) in [4.78, 5) is 41.3. The molecule has 1 fully saturated rings. The van der Waals surface area contributed by atoms with Gasteiger partial charge in [0.25, 0.3) is 5.91 Å². The predicted molar refractivity (Wildman–Crippen MR) is 120 cm³/mol. The minimum atomic E-state index is -0.0437. The number of benzene rings is 1. The molecule has 0 bridgehead atoms. The van der Waals surface area contributed by atoms with Gasteiger partial charge in [0.05, 0.1) is 5.69 Å². The van der Waals surface area contributed by atoms with E-state index in [0.717, 1.165) is 17.1 Å². The summed E-state index contributed by atoms with van der Waals surface area (Å²) in [6.45, 7) is 1.79. The van der Waals surface area contributed by atoms with Crippen LogP contribution in [0.4, 0.5) is 5.69 Å². The molecule has 0 spiro atoms. The lowest BCUT2D eigenvalue weighted by atomic mass is 9.95. The molecule has 1 saturated heterocycles. The van der Waals surface area contributed by atoms with Gasteiger partial charge in [0.1, 0.15) is 0 Å². The van der Waals surface area contributed by atoms with E-state index < -0.39 is 0 Å². The number of rotatable bonds is 5. The van der Waals surface area contributed by atoms with Crippen LogP contribution in [-0.4, -0.2) is 48.0 Å². The fraction of sp³-hybridized carbons (Fsp3) is 0.409. The highest BCUT2D eigenvalue weighted by atomic mass is 32.2. The van der Waals surface area contributed by atoms with Gasteiger partial charge in [0.15, 0.2) is 0 Å². The molecule has 8 heteroatoms. The first kappa shape index (κ1) is 20.9. The fourth-order valence-electron chi connectivity index (χ4n) is 3.79. The van der Waals surface area contributed by atoms with E-state index in [1.165, 1.54) is 4.88 Å². The molecule has 1 aromatic carbocycles. The summed E-state index contributed by atoms with van der Waals surface area (Å²) in [7, 11) is 0. The van der Waals surface area contributed by atoms with E-state index >= 15 is 0 Å². The Kier molecular flexibility index (Phi) is 6.74. The average molecular weight is 444 g/mol. The highest BCUT2D eigenvalue weighted by Crippen LogP contribution is 2.32. The number of thiophene rings is 1. The quantitative estimate of drug-likeness (QED) is 0.743. The number of nitrogens with zero attached hydrogens (tertiary/aromatic N) is 1. The molecule has 1 aromatic heterocycles. The van der Waals surface area contributed by atoms with Gasteiger partial charge in [-0.25, -0.2) is 0 Å². The van der Waals surface area contributed by atoms with E-state index in [2.05, 4.69) is 16.7 Å². The number of thioether (sulfide) groups is 1. The van der Waals surface area contributed by atoms with E-state index in [-0.39, 0.29) is 23.6 Å². The number of anilines is 1. The number of fused-ring (bicyclic) bond motifs is 1. The summed E-state index contributed by atoms with van der Waals surface area (Å²) in [5.74, 6) is 0.729. The van der Waals surface area contributed by atoms with Crippen LogP contribution in [0.3, 0.4) is 0 Å². The summed E-state index contributed by atoms with van der Waals surface area (Å²) in [5, 5.41) is 7.96. The monoisotopic (exact) mass is 443 g/mol. The van der Waals surface area contributed by atoms with Gasteiger partial charge in [-0.05, 0) is 48.9 Å². The molecule has 3 amide bonds. The Balaban J connectivity index is 1.29. The maximum Gasteiger partial charge on any atom is 0.253 e. The molecule has 4 rings (SSSR count). The van der Waals surface area contributed by atoms with Gasteiger partial charge in [-0.15, -0.1) is 23.1 Å². The zero-order valence-electron chi connectivity index (χ0n) is 16.7. The number of likely N-dealkylation sites (tertiary alicyclic amines) is 1. The van der Waals surface area contributed by atoms with Crippen molar-refractivity contribution in [3.05, 3.63) is 46.2 Å². The summed E-state index contributed by atoms with van der Waals surface area (Å²) < 4.78 is 0. The third kappa shape index (κ3) is 5.05. The SMILES string of the molecule is O=C1CCSc2ccc(C(=O)N3CCC(C(=O)NCCc4cccs4)CC3)cc2N1. The van der Waals surface area contributed by atoms with Crippen LogP contribution in [0.25, 0.3) is 0 Å². The Morgan fingerprint density at radius 2 is 2.03 bits per heavy atom. The lowest BCUT2D eigenvalue weighted by Gasteiger charge is -2.31. The minimum absolute atomic E-state index is 0.0169. The van der Waals surface area contributed by atoms with Gasteiger partial charge in [0, 0.05) is 53.1 Å². The molecule has 158 valence electrons.